The molecule has 2 rings (SSSR count). The molecule has 1 aliphatic rings. The summed E-state index contributed by atoms with van der Waals surface area (Å²) in [6.45, 7) is 0. The number of pyridine rings is 1. The average Bonchev–Trinajstić information content (AvgIpc) is 2.55. The van der Waals surface area contributed by atoms with E-state index >= 15 is 0 Å². The van der Waals surface area contributed by atoms with Gasteiger partial charge >= 0.3 is 0 Å². The lowest BCUT2D eigenvalue weighted by atomic mass is 9.78. The molecular weight excluding hydrogens is 280 g/mol. The first-order valence-corrected chi connectivity index (χ1v) is 7.50. The van der Waals surface area contributed by atoms with Crippen molar-refractivity contribution >= 4 is 11.8 Å². The van der Waals surface area contributed by atoms with Crippen LogP contribution in [0.4, 0.5) is 0 Å². The molecule has 2 amide bonds. The summed E-state index contributed by atoms with van der Waals surface area (Å²) in [6.07, 6.45) is 6.82. The van der Waals surface area contributed by atoms with Crippen molar-refractivity contribution in [2.45, 2.75) is 38.1 Å². The van der Waals surface area contributed by atoms with Gasteiger partial charge in [0.2, 0.25) is 11.8 Å². The first kappa shape index (κ1) is 16.0. The molecule has 0 spiro atoms. The van der Waals surface area contributed by atoms with Gasteiger partial charge in [-0.2, -0.15) is 5.26 Å². The van der Waals surface area contributed by atoms with E-state index in [1.54, 1.807) is 18.5 Å². The molecule has 22 heavy (non-hydrogen) atoms. The smallest absolute Gasteiger partial charge is 0.224 e. The number of aromatic nitrogens is 1. The van der Waals surface area contributed by atoms with Gasteiger partial charge in [0.05, 0.1) is 6.07 Å². The quantitative estimate of drug-likeness (QED) is 0.842. The molecule has 0 aromatic carbocycles. The Balaban J connectivity index is 1.99. The van der Waals surface area contributed by atoms with E-state index in [4.69, 9.17) is 5.73 Å². The van der Waals surface area contributed by atoms with Crippen LogP contribution in [-0.4, -0.2) is 22.8 Å². The van der Waals surface area contributed by atoms with Crippen LogP contribution in [0.3, 0.4) is 0 Å². The van der Waals surface area contributed by atoms with Gasteiger partial charge in [0.15, 0.2) is 0 Å². The van der Waals surface area contributed by atoms with Gasteiger partial charge in [0.25, 0.3) is 0 Å². The van der Waals surface area contributed by atoms with Gasteiger partial charge in [0, 0.05) is 30.7 Å². The van der Waals surface area contributed by atoms with Crippen molar-refractivity contribution in [3.05, 3.63) is 30.1 Å². The molecule has 6 heteroatoms. The van der Waals surface area contributed by atoms with Crippen LogP contribution < -0.4 is 11.1 Å². The Morgan fingerprint density at radius 1 is 1.41 bits per heavy atom. The van der Waals surface area contributed by atoms with E-state index in [9.17, 15) is 14.9 Å². The molecule has 1 fully saturated rings. The topological polar surface area (TPSA) is 109 Å². The number of primary amides is 1. The van der Waals surface area contributed by atoms with Crippen molar-refractivity contribution in [1.82, 2.24) is 10.3 Å². The SMILES string of the molecule is N#CC(Cc1cccnc1)NC(=O)[C@@H]1CCCC[C@@H]1C(N)=O. The summed E-state index contributed by atoms with van der Waals surface area (Å²) in [5, 5.41) is 12.0. The minimum Gasteiger partial charge on any atom is -0.369 e. The largest absolute Gasteiger partial charge is 0.369 e. The number of amides is 2. The predicted octanol–water partition coefficient (Wildman–Crippen LogP) is 0.924. The van der Waals surface area contributed by atoms with E-state index in [-0.39, 0.29) is 5.91 Å². The third-order valence-corrected chi connectivity index (χ3v) is 4.10. The van der Waals surface area contributed by atoms with Crippen LogP contribution in [0.25, 0.3) is 0 Å². The second-order valence-corrected chi connectivity index (χ2v) is 5.66. The minimum atomic E-state index is -0.632. The highest BCUT2D eigenvalue weighted by molar-refractivity contribution is 5.87. The summed E-state index contributed by atoms with van der Waals surface area (Å²) in [4.78, 5) is 27.9. The molecule has 116 valence electrons. The number of carbonyl (C=O) groups is 2. The molecule has 0 saturated heterocycles. The molecule has 3 N–H and O–H groups in total. The van der Waals surface area contributed by atoms with Crippen LogP contribution in [0, 0.1) is 23.2 Å². The Morgan fingerprint density at radius 2 is 2.14 bits per heavy atom. The van der Waals surface area contributed by atoms with Crippen LogP contribution >= 0.6 is 0 Å². The number of hydrogen-bond acceptors (Lipinski definition) is 4. The van der Waals surface area contributed by atoms with Crippen molar-refractivity contribution in [2.24, 2.45) is 17.6 Å². The van der Waals surface area contributed by atoms with Crippen molar-refractivity contribution < 1.29 is 9.59 Å². The highest BCUT2D eigenvalue weighted by atomic mass is 16.2. The van der Waals surface area contributed by atoms with Crippen molar-refractivity contribution in [2.75, 3.05) is 0 Å². The zero-order chi connectivity index (χ0) is 15.9. The number of carbonyl (C=O) groups excluding carboxylic acids is 2. The lowest BCUT2D eigenvalue weighted by Gasteiger charge is -2.28. The summed E-state index contributed by atoms with van der Waals surface area (Å²) >= 11 is 0. The minimum absolute atomic E-state index is 0.251. The maximum absolute atomic E-state index is 12.4. The number of nitriles is 1. The monoisotopic (exact) mass is 300 g/mol. The molecule has 1 aromatic heterocycles. The summed E-state index contributed by atoms with van der Waals surface area (Å²) < 4.78 is 0. The molecular formula is C16H20N4O2. The van der Waals surface area contributed by atoms with E-state index in [1.807, 2.05) is 6.07 Å². The van der Waals surface area contributed by atoms with Gasteiger partial charge in [0.1, 0.15) is 6.04 Å². The van der Waals surface area contributed by atoms with E-state index in [0.717, 1.165) is 18.4 Å². The van der Waals surface area contributed by atoms with Gasteiger partial charge < -0.3 is 11.1 Å². The predicted molar refractivity (Wildman–Crippen MR) is 80.1 cm³/mol. The van der Waals surface area contributed by atoms with Crippen LogP contribution in [0.5, 0.6) is 0 Å². The average molecular weight is 300 g/mol. The number of nitrogens with one attached hydrogen (secondary N) is 1. The van der Waals surface area contributed by atoms with Crippen molar-refractivity contribution in [3.63, 3.8) is 0 Å². The lowest BCUT2D eigenvalue weighted by Crippen LogP contribution is -2.45. The number of hydrogen-bond donors (Lipinski definition) is 2. The molecule has 0 aliphatic heterocycles. The fourth-order valence-corrected chi connectivity index (χ4v) is 2.95. The molecule has 1 unspecified atom stereocenters. The first-order chi connectivity index (χ1) is 10.6. The van der Waals surface area contributed by atoms with Gasteiger partial charge in [-0.05, 0) is 24.5 Å². The Bertz CT molecular complexity index is 567. The van der Waals surface area contributed by atoms with Crippen molar-refractivity contribution in [1.29, 1.82) is 5.26 Å². The Kier molecular flexibility index (Phi) is 5.48. The van der Waals surface area contributed by atoms with Gasteiger partial charge in [-0.25, -0.2) is 0 Å². The highest BCUT2D eigenvalue weighted by Crippen LogP contribution is 2.30. The summed E-state index contributed by atoms with van der Waals surface area (Å²) in [6, 6.07) is 5.10. The molecule has 1 heterocycles. The summed E-state index contributed by atoms with van der Waals surface area (Å²) in [7, 11) is 0. The van der Waals surface area contributed by atoms with Crippen LogP contribution in [0.15, 0.2) is 24.5 Å². The fraction of sp³-hybridized carbons (Fsp3) is 0.500. The van der Waals surface area contributed by atoms with Crippen molar-refractivity contribution in [3.8, 4) is 6.07 Å². The Hall–Kier alpha value is -2.42. The third-order valence-electron chi connectivity index (χ3n) is 4.10. The Labute approximate surface area is 129 Å². The van der Waals surface area contributed by atoms with Gasteiger partial charge in [-0.15, -0.1) is 0 Å². The molecule has 1 aliphatic carbocycles. The second kappa shape index (κ2) is 7.55. The maximum atomic E-state index is 12.4. The highest BCUT2D eigenvalue weighted by Gasteiger charge is 2.35. The van der Waals surface area contributed by atoms with E-state index < -0.39 is 23.8 Å². The number of rotatable bonds is 5. The maximum Gasteiger partial charge on any atom is 0.224 e. The van der Waals surface area contributed by atoms with Gasteiger partial charge in [-0.3, -0.25) is 14.6 Å². The molecule has 0 radical (unpaired) electrons. The standard InChI is InChI=1S/C16H20N4O2/c17-9-12(8-11-4-3-7-19-10-11)20-16(22)14-6-2-1-5-13(14)15(18)21/h3-4,7,10,12-14H,1-2,5-6,8H2,(H2,18,21)(H,20,22)/t12?,13-,14+/m0/s1. The van der Waals surface area contributed by atoms with E-state index in [0.29, 0.717) is 19.3 Å². The lowest BCUT2D eigenvalue weighted by molar-refractivity contribution is -0.135. The van der Waals surface area contributed by atoms with Crippen LogP contribution in [0.1, 0.15) is 31.2 Å². The third kappa shape index (κ3) is 4.04. The molecule has 0 bridgehead atoms. The van der Waals surface area contributed by atoms with Gasteiger partial charge in [-0.1, -0.05) is 18.9 Å². The number of nitrogens with zero attached hydrogens (tertiary/aromatic N) is 2. The van der Waals surface area contributed by atoms with Crippen LogP contribution in [-0.2, 0) is 16.0 Å². The molecule has 1 aromatic rings. The number of nitrogens with two attached hydrogens (primary N) is 1. The summed E-state index contributed by atoms with van der Waals surface area (Å²) in [5.41, 5.74) is 6.27. The Morgan fingerprint density at radius 3 is 2.73 bits per heavy atom. The molecule has 1 saturated carbocycles. The van der Waals surface area contributed by atoms with Crippen LogP contribution in [0.2, 0.25) is 0 Å². The zero-order valence-corrected chi connectivity index (χ0v) is 12.4. The normalized spacial score (nSPS) is 22.3. The molecule has 6 nitrogen and oxygen atoms in total. The second-order valence-electron chi connectivity index (χ2n) is 5.66. The fourth-order valence-electron chi connectivity index (χ4n) is 2.95. The molecule has 3 atom stereocenters. The first-order valence-electron chi connectivity index (χ1n) is 7.50. The van der Waals surface area contributed by atoms with E-state index in [1.165, 1.54) is 0 Å². The van der Waals surface area contributed by atoms with E-state index in [2.05, 4.69) is 16.4 Å². The zero-order valence-electron chi connectivity index (χ0n) is 12.4. The summed E-state index contributed by atoms with van der Waals surface area (Å²) in [5.74, 6) is -1.53.